The third kappa shape index (κ3) is 4.59. The monoisotopic (exact) mass is 439 g/mol. The first kappa shape index (κ1) is 22.2. The number of aryl methyl sites for hydroxylation is 2. The Labute approximate surface area is 189 Å². The molecule has 0 bridgehead atoms. The minimum Gasteiger partial charge on any atom is -0.444 e. The van der Waals surface area contributed by atoms with E-state index in [-0.39, 0.29) is 12.0 Å². The third-order valence-corrected chi connectivity index (χ3v) is 6.03. The Bertz CT molecular complexity index is 1020. The summed E-state index contributed by atoms with van der Waals surface area (Å²) in [6.45, 7) is 11.4. The Kier molecular flexibility index (Phi) is 5.88. The summed E-state index contributed by atoms with van der Waals surface area (Å²) >= 11 is 0. The third-order valence-electron chi connectivity index (χ3n) is 6.03. The number of piperazine rings is 1. The molecule has 1 fully saturated rings. The van der Waals surface area contributed by atoms with Crippen LogP contribution < -0.4 is 4.90 Å². The van der Waals surface area contributed by atoms with E-state index in [2.05, 4.69) is 41.2 Å². The standard InChI is InChI=1S/C24H33N5O3/c1-17-7-6-8-18(15-17)27-11-13-28(14-12-27)22(30)21-19-16-29(23(31)32-24(2,3)4)10-9-20(19)26(5)25-21/h6-8,15H,9-14,16H2,1-5H3. The number of benzene rings is 1. The molecule has 2 aliphatic rings. The maximum absolute atomic E-state index is 13.4. The van der Waals surface area contributed by atoms with Crippen LogP contribution >= 0.6 is 0 Å². The lowest BCUT2D eigenvalue weighted by molar-refractivity contribution is 0.0221. The molecule has 8 heteroatoms. The molecule has 1 aromatic carbocycles. The number of hydrogen-bond donors (Lipinski definition) is 0. The Morgan fingerprint density at radius 2 is 1.75 bits per heavy atom. The predicted octanol–water partition coefficient (Wildman–Crippen LogP) is 2.98. The van der Waals surface area contributed by atoms with Crippen molar-refractivity contribution in [3.05, 3.63) is 46.8 Å². The van der Waals surface area contributed by atoms with Gasteiger partial charge >= 0.3 is 6.09 Å². The van der Waals surface area contributed by atoms with Crippen molar-refractivity contribution < 1.29 is 14.3 Å². The van der Waals surface area contributed by atoms with Crippen LogP contribution in [0.3, 0.4) is 0 Å². The van der Waals surface area contributed by atoms with Crippen molar-refractivity contribution in [3.8, 4) is 0 Å². The van der Waals surface area contributed by atoms with Gasteiger partial charge in [-0.3, -0.25) is 9.48 Å². The van der Waals surface area contributed by atoms with Gasteiger partial charge in [0.1, 0.15) is 5.60 Å². The van der Waals surface area contributed by atoms with Gasteiger partial charge in [-0.05, 0) is 45.4 Å². The fourth-order valence-electron chi connectivity index (χ4n) is 4.39. The highest BCUT2D eigenvalue weighted by atomic mass is 16.6. The van der Waals surface area contributed by atoms with Gasteiger partial charge in [0, 0.05) is 63.1 Å². The number of nitrogens with zero attached hydrogens (tertiary/aromatic N) is 5. The van der Waals surface area contributed by atoms with Crippen molar-refractivity contribution in [3.63, 3.8) is 0 Å². The van der Waals surface area contributed by atoms with E-state index < -0.39 is 5.60 Å². The van der Waals surface area contributed by atoms with Gasteiger partial charge in [0.25, 0.3) is 5.91 Å². The van der Waals surface area contributed by atoms with Crippen LogP contribution in [0.15, 0.2) is 24.3 Å². The van der Waals surface area contributed by atoms with Gasteiger partial charge in [-0.15, -0.1) is 0 Å². The van der Waals surface area contributed by atoms with Crippen LogP contribution in [0.4, 0.5) is 10.5 Å². The Morgan fingerprint density at radius 1 is 1.03 bits per heavy atom. The topological polar surface area (TPSA) is 70.9 Å². The van der Waals surface area contributed by atoms with E-state index in [0.29, 0.717) is 38.3 Å². The molecule has 0 radical (unpaired) electrons. The van der Waals surface area contributed by atoms with Crippen LogP contribution in [-0.2, 0) is 24.8 Å². The second-order valence-electron chi connectivity index (χ2n) is 9.67. The normalized spacial score (nSPS) is 16.7. The van der Waals surface area contributed by atoms with Gasteiger partial charge in [0.2, 0.25) is 0 Å². The van der Waals surface area contributed by atoms with Crippen LogP contribution in [0.1, 0.15) is 48.1 Å². The first-order valence-corrected chi connectivity index (χ1v) is 11.3. The molecule has 0 saturated carbocycles. The zero-order valence-electron chi connectivity index (χ0n) is 19.7. The van der Waals surface area contributed by atoms with E-state index in [9.17, 15) is 9.59 Å². The Hall–Kier alpha value is -3.03. The molecule has 2 aliphatic heterocycles. The van der Waals surface area contributed by atoms with Gasteiger partial charge < -0.3 is 19.4 Å². The molecule has 0 N–H and O–H groups in total. The lowest BCUT2D eigenvalue weighted by atomic mass is 10.0. The SMILES string of the molecule is Cc1cccc(N2CCN(C(=O)c3nn(C)c4c3CN(C(=O)OC(C)(C)C)CC4)CC2)c1. The molecule has 0 unspecified atom stereocenters. The van der Waals surface area contributed by atoms with E-state index in [1.165, 1.54) is 11.3 Å². The predicted molar refractivity (Wildman–Crippen MR) is 123 cm³/mol. The molecule has 0 atom stereocenters. The summed E-state index contributed by atoms with van der Waals surface area (Å²) in [6.07, 6.45) is 0.309. The summed E-state index contributed by atoms with van der Waals surface area (Å²) in [7, 11) is 1.87. The van der Waals surface area contributed by atoms with E-state index in [1.807, 2.05) is 32.7 Å². The number of carbonyl (C=O) groups is 2. The Morgan fingerprint density at radius 3 is 2.41 bits per heavy atom. The van der Waals surface area contributed by atoms with Crippen molar-refractivity contribution in [1.29, 1.82) is 0 Å². The maximum atomic E-state index is 13.4. The molecule has 172 valence electrons. The van der Waals surface area contributed by atoms with Crippen LogP contribution in [0.25, 0.3) is 0 Å². The smallest absolute Gasteiger partial charge is 0.410 e. The van der Waals surface area contributed by atoms with Crippen molar-refractivity contribution >= 4 is 17.7 Å². The molecule has 0 aliphatic carbocycles. The molecule has 1 saturated heterocycles. The first-order chi connectivity index (χ1) is 15.1. The highest BCUT2D eigenvalue weighted by Crippen LogP contribution is 2.26. The number of ether oxygens (including phenoxy) is 1. The van der Waals surface area contributed by atoms with Crippen molar-refractivity contribution in [1.82, 2.24) is 19.6 Å². The minimum atomic E-state index is -0.554. The van der Waals surface area contributed by atoms with Crippen molar-refractivity contribution in [2.75, 3.05) is 37.6 Å². The molecular weight excluding hydrogens is 406 g/mol. The Balaban J connectivity index is 1.46. The number of amides is 2. The summed E-state index contributed by atoms with van der Waals surface area (Å²) in [6, 6.07) is 8.45. The highest BCUT2D eigenvalue weighted by Gasteiger charge is 2.33. The molecule has 0 spiro atoms. The molecule has 3 heterocycles. The quantitative estimate of drug-likeness (QED) is 0.720. The fraction of sp³-hybridized carbons (Fsp3) is 0.542. The molecule has 8 nitrogen and oxygen atoms in total. The molecule has 2 aromatic rings. The van der Waals surface area contributed by atoms with Crippen LogP contribution in [0.2, 0.25) is 0 Å². The van der Waals surface area contributed by atoms with Gasteiger partial charge in [0.15, 0.2) is 5.69 Å². The van der Waals surface area contributed by atoms with Gasteiger partial charge in [-0.1, -0.05) is 12.1 Å². The largest absolute Gasteiger partial charge is 0.444 e. The lowest BCUT2D eigenvalue weighted by Crippen LogP contribution is -2.49. The average Bonchev–Trinajstić information content (AvgIpc) is 3.08. The highest BCUT2D eigenvalue weighted by molar-refractivity contribution is 5.94. The zero-order chi connectivity index (χ0) is 23.0. The summed E-state index contributed by atoms with van der Waals surface area (Å²) in [5.74, 6) is -0.0585. The summed E-state index contributed by atoms with van der Waals surface area (Å²) in [5.41, 5.74) is 4.19. The first-order valence-electron chi connectivity index (χ1n) is 11.3. The number of hydrogen-bond acceptors (Lipinski definition) is 5. The van der Waals surface area contributed by atoms with Gasteiger partial charge in [-0.25, -0.2) is 4.79 Å². The number of fused-ring (bicyclic) bond motifs is 1. The second kappa shape index (κ2) is 8.48. The van der Waals surface area contributed by atoms with E-state index in [1.54, 1.807) is 9.58 Å². The second-order valence-corrected chi connectivity index (χ2v) is 9.67. The molecular formula is C24H33N5O3. The maximum Gasteiger partial charge on any atom is 0.410 e. The number of rotatable bonds is 2. The average molecular weight is 440 g/mol. The van der Waals surface area contributed by atoms with E-state index in [4.69, 9.17) is 4.74 Å². The molecule has 1 aromatic heterocycles. The molecule has 4 rings (SSSR count). The number of anilines is 1. The lowest BCUT2D eigenvalue weighted by Gasteiger charge is -2.36. The number of aromatic nitrogens is 2. The van der Waals surface area contributed by atoms with E-state index in [0.717, 1.165) is 24.3 Å². The minimum absolute atomic E-state index is 0.0585. The fourth-order valence-corrected chi connectivity index (χ4v) is 4.39. The van der Waals surface area contributed by atoms with E-state index >= 15 is 0 Å². The number of carbonyl (C=O) groups excluding carboxylic acids is 2. The van der Waals surface area contributed by atoms with Crippen molar-refractivity contribution in [2.45, 2.75) is 46.3 Å². The van der Waals surface area contributed by atoms with Gasteiger partial charge in [0.05, 0.1) is 6.54 Å². The zero-order valence-corrected chi connectivity index (χ0v) is 19.7. The van der Waals surface area contributed by atoms with Crippen molar-refractivity contribution in [2.24, 2.45) is 7.05 Å². The summed E-state index contributed by atoms with van der Waals surface area (Å²) in [4.78, 5) is 31.8. The van der Waals surface area contributed by atoms with Crippen LogP contribution in [0, 0.1) is 6.92 Å². The van der Waals surface area contributed by atoms with Gasteiger partial charge in [-0.2, -0.15) is 5.10 Å². The molecule has 2 amide bonds. The summed E-state index contributed by atoms with van der Waals surface area (Å²) < 4.78 is 7.33. The molecule has 32 heavy (non-hydrogen) atoms. The summed E-state index contributed by atoms with van der Waals surface area (Å²) in [5, 5.41) is 4.56. The van der Waals surface area contributed by atoms with Crippen LogP contribution in [-0.4, -0.2) is 69.9 Å². The van der Waals surface area contributed by atoms with Crippen LogP contribution in [0.5, 0.6) is 0 Å².